The summed E-state index contributed by atoms with van der Waals surface area (Å²) >= 11 is 0. The van der Waals surface area contributed by atoms with Crippen LogP contribution in [0.1, 0.15) is 52.7 Å². The van der Waals surface area contributed by atoms with Gasteiger partial charge in [-0.25, -0.2) is 4.98 Å². The first-order valence-electron chi connectivity index (χ1n) is 8.77. The fourth-order valence-corrected chi connectivity index (χ4v) is 3.13. The zero-order valence-electron chi connectivity index (χ0n) is 15.4. The van der Waals surface area contributed by atoms with E-state index in [2.05, 4.69) is 41.5 Å². The summed E-state index contributed by atoms with van der Waals surface area (Å²) in [6, 6.07) is 7.06. The number of carbonyl (C=O) groups is 2. The standard InChI is InChI=1S/C20H20N4O3/c1-20(2,3)8-16-15-6-12(10-22-19(15)27-24-16)17(25)23-13-5-4-11-9-21-18(26)14(11)7-13/h4-7,10H,8-9H2,1-3H3,(H,21,26)(H,23,25). The first-order valence-corrected chi connectivity index (χ1v) is 8.77. The van der Waals surface area contributed by atoms with Gasteiger partial charge in [0.2, 0.25) is 0 Å². The highest BCUT2D eigenvalue weighted by Crippen LogP contribution is 2.26. The van der Waals surface area contributed by atoms with Crippen molar-refractivity contribution in [2.45, 2.75) is 33.7 Å². The Morgan fingerprint density at radius 1 is 1.30 bits per heavy atom. The van der Waals surface area contributed by atoms with Gasteiger partial charge in [0.15, 0.2) is 0 Å². The van der Waals surface area contributed by atoms with E-state index in [0.29, 0.717) is 35.5 Å². The maximum absolute atomic E-state index is 12.7. The summed E-state index contributed by atoms with van der Waals surface area (Å²) < 4.78 is 5.27. The summed E-state index contributed by atoms with van der Waals surface area (Å²) in [6.07, 6.45) is 2.18. The van der Waals surface area contributed by atoms with Crippen molar-refractivity contribution in [2.75, 3.05) is 5.32 Å². The van der Waals surface area contributed by atoms with Crippen LogP contribution in [0.5, 0.6) is 0 Å². The minimum absolute atomic E-state index is 0.0348. The van der Waals surface area contributed by atoms with Crippen molar-refractivity contribution in [1.82, 2.24) is 15.5 Å². The average molecular weight is 364 g/mol. The monoisotopic (exact) mass is 364 g/mol. The maximum Gasteiger partial charge on any atom is 0.257 e. The molecule has 7 heteroatoms. The number of carbonyl (C=O) groups excluding carboxylic acids is 2. The van der Waals surface area contributed by atoms with Gasteiger partial charge in [0.1, 0.15) is 0 Å². The van der Waals surface area contributed by atoms with E-state index < -0.39 is 0 Å². The van der Waals surface area contributed by atoms with Crippen LogP contribution >= 0.6 is 0 Å². The summed E-state index contributed by atoms with van der Waals surface area (Å²) in [4.78, 5) is 28.7. The second-order valence-corrected chi connectivity index (χ2v) is 7.95. The molecule has 0 radical (unpaired) electrons. The van der Waals surface area contributed by atoms with Crippen molar-refractivity contribution in [3.63, 3.8) is 0 Å². The Morgan fingerprint density at radius 3 is 2.89 bits per heavy atom. The predicted molar refractivity (Wildman–Crippen MR) is 101 cm³/mol. The maximum atomic E-state index is 12.7. The van der Waals surface area contributed by atoms with E-state index in [-0.39, 0.29) is 17.2 Å². The minimum atomic E-state index is -0.300. The molecule has 7 nitrogen and oxygen atoms in total. The molecule has 138 valence electrons. The highest BCUT2D eigenvalue weighted by molar-refractivity contribution is 6.07. The van der Waals surface area contributed by atoms with Crippen molar-refractivity contribution in [3.05, 3.63) is 52.8 Å². The lowest BCUT2D eigenvalue weighted by Crippen LogP contribution is -2.14. The molecule has 0 spiro atoms. The highest BCUT2D eigenvalue weighted by atomic mass is 16.5. The van der Waals surface area contributed by atoms with Crippen molar-refractivity contribution >= 4 is 28.6 Å². The van der Waals surface area contributed by atoms with Crippen LogP contribution in [0.4, 0.5) is 5.69 Å². The molecular formula is C20H20N4O3. The Balaban J connectivity index is 1.60. The van der Waals surface area contributed by atoms with Crippen LogP contribution in [-0.2, 0) is 13.0 Å². The molecular weight excluding hydrogens is 344 g/mol. The molecule has 0 unspecified atom stereocenters. The van der Waals surface area contributed by atoms with Crippen LogP contribution < -0.4 is 10.6 Å². The van der Waals surface area contributed by atoms with E-state index in [1.807, 2.05) is 6.07 Å². The fourth-order valence-electron chi connectivity index (χ4n) is 3.13. The van der Waals surface area contributed by atoms with Crippen molar-refractivity contribution < 1.29 is 14.1 Å². The van der Waals surface area contributed by atoms with Crippen molar-refractivity contribution in [3.8, 4) is 0 Å². The molecule has 2 aromatic heterocycles. The van der Waals surface area contributed by atoms with Gasteiger partial charge in [-0.3, -0.25) is 9.59 Å². The minimum Gasteiger partial charge on any atom is -0.348 e. The fraction of sp³-hybridized carbons (Fsp3) is 0.300. The van der Waals surface area contributed by atoms with E-state index in [9.17, 15) is 9.59 Å². The quantitative estimate of drug-likeness (QED) is 0.743. The molecule has 1 aliphatic heterocycles. The van der Waals surface area contributed by atoms with E-state index in [4.69, 9.17) is 4.52 Å². The van der Waals surface area contributed by atoms with Crippen LogP contribution in [0.15, 0.2) is 35.0 Å². The van der Waals surface area contributed by atoms with E-state index in [1.54, 1.807) is 18.2 Å². The van der Waals surface area contributed by atoms with Crippen molar-refractivity contribution in [2.24, 2.45) is 5.41 Å². The smallest absolute Gasteiger partial charge is 0.257 e. The van der Waals surface area contributed by atoms with Gasteiger partial charge in [-0.15, -0.1) is 0 Å². The molecule has 0 atom stereocenters. The van der Waals surface area contributed by atoms with Crippen LogP contribution in [0, 0.1) is 5.41 Å². The number of rotatable bonds is 3. The van der Waals surface area contributed by atoms with E-state index in [1.165, 1.54) is 6.20 Å². The number of pyridine rings is 1. The molecule has 2 N–H and O–H groups in total. The highest BCUT2D eigenvalue weighted by Gasteiger charge is 2.21. The molecule has 3 aromatic rings. The lowest BCUT2D eigenvalue weighted by atomic mass is 9.90. The zero-order chi connectivity index (χ0) is 19.2. The number of anilines is 1. The number of nitrogens with one attached hydrogen (secondary N) is 2. The average Bonchev–Trinajstić information content (AvgIpc) is 3.17. The van der Waals surface area contributed by atoms with Crippen LogP contribution in [0.2, 0.25) is 0 Å². The molecule has 27 heavy (non-hydrogen) atoms. The second kappa shape index (κ2) is 6.19. The summed E-state index contributed by atoms with van der Waals surface area (Å²) in [7, 11) is 0. The molecule has 1 aromatic carbocycles. The number of aromatic nitrogens is 2. The molecule has 0 saturated heterocycles. The van der Waals surface area contributed by atoms with Gasteiger partial charge in [0.05, 0.1) is 16.6 Å². The molecule has 4 rings (SSSR count). The third-order valence-electron chi connectivity index (χ3n) is 4.42. The lowest BCUT2D eigenvalue weighted by Gasteiger charge is -2.15. The summed E-state index contributed by atoms with van der Waals surface area (Å²) in [6.45, 7) is 6.86. The molecule has 0 bridgehead atoms. The molecule has 1 aliphatic rings. The number of hydrogen-bond donors (Lipinski definition) is 2. The Hall–Kier alpha value is -3.22. The van der Waals surface area contributed by atoms with Gasteiger partial charge in [0.25, 0.3) is 17.5 Å². The molecule has 0 saturated carbocycles. The number of benzene rings is 1. The zero-order valence-corrected chi connectivity index (χ0v) is 15.4. The third kappa shape index (κ3) is 3.40. The Bertz CT molecular complexity index is 1060. The van der Waals surface area contributed by atoms with Gasteiger partial charge in [-0.05, 0) is 35.6 Å². The predicted octanol–water partition coefficient (Wildman–Crippen LogP) is 3.31. The van der Waals surface area contributed by atoms with Gasteiger partial charge in [-0.2, -0.15) is 0 Å². The Morgan fingerprint density at radius 2 is 2.11 bits per heavy atom. The first kappa shape index (κ1) is 17.2. The summed E-state index contributed by atoms with van der Waals surface area (Å²) in [5.41, 5.74) is 3.73. The normalized spacial score (nSPS) is 13.5. The van der Waals surface area contributed by atoms with E-state index >= 15 is 0 Å². The summed E-state index contributed by atoms with van der Waals surface area (Å²) in [5, 5.41) is 10.4. The SMILES string of the molecule is CC(C)(C)Cc1noc2ncc(C(=O)Nc3ccc4c(c3)C(=O)NC4)cc12. The third-order valence-corrected chi connectivity index (χ3v) is 4.42. The second-order valence-electron chi connectivity index (χ2n) is 7.95. The number of nitrogens with zero attached hydrogens (tertiary/aromatic N) is 2. The van der Waals surface area contributed by atoms with Crippen molar-refractivity contribution in [1.29, 1.82) is 0 Å². The lowest BCUT2D eigenvalue weighted by molar-refractivity contribution is 0.0964. The number of amides is 2. The topological polar surface area (TPSA) is 97.1 Å². The molecule has 3 heterocycles. The van der Waals surface area contributed by atoms with Crippen LogP contribution in [0.3, 0.4) is 0 Å². The van der Waals surface area contributed by atoms with Gasteiger partial charge in [-0.1, -0.05) is 32.0 Å². The Labute approximate surface area is 156 Å². The van der Waals surface area contributed by atoms with Gasteiger partial charge >= 0.3 is 0 Å². The number of fused-ring (bicyclic) bond motifs is 2. The van der Waals surface area contributed by atoms with Gasteiger partial charge < -0.3 is 15.2 Å². The molecule has 0 aliphatic carbocycles. The van der Waals surface area contributed by atoms with Crippen LogP contribution in [-0.4, -0.2) is 22.0 Å². The molecule has 2 amide bonds. The largest absolute Gasteiger partial charge is 0.348 e. The van der Waals surface area contributed by atoms with E-state index in [0.717, 1.165) is 16.6 Å². The number of hydrogen-bond acceptors (Lipinski definition) is 5. The Kier molecular flexibility index (Phi) is 3.95. The van der Waals surface area contributed by atoms with Gasteiger partial charge in [0, 0.05) is 24.0 Å². The first-order chi connectivity index (χ1) is 12.8. The molecule has 0 fully saturated rings. The van der Waals surface area contributed by atoms with Crippen LogP contribution in [0.25, 0.3) is 11.1 Å². The summed E-state index contributed by atoms with van der Waals surface area (Å²) in [5.74, 6) is -0.425.